The number of sulfonamides is 1. The first-order valence-electron chi connectivity index (χ1n) is 8.45. The Labute approximate surface area is 157 Å². The van der Waals surface area contributed by atoms with Gasteiger partial charge in [0.2, 0.25) is 10.0 Å². The van der Waals surface area contributed by atoms with Crippen molar-refractivity contribution in [2.45, 2.75) is 19.8 Å². The van der Waals surface area contributed by atoms with Gasteiger partial charge < -0.3 is 5.32 Å². The van der Waals surface area contributed by atoms with E-state index in [9.17, 15) is 23.3 Å². The first-order valence-corrected chi connectivity index (χ1v) is 10.1. The van der Waals surface area contributed by atoms with Gasteiger partial charge in [0.1, 0.15) is 0 Å². The lowest BCUT2D eigenvalue weighted by atomic mass is 10.1. The van der Waals surface area contributed by atoms with E-state index in [-0.39, 0.29) is 17.3 Å². The lowest BCUT2D eigenvalue weighted by molar-refractivity contribution is -0.384. The summed E-state index contributed by atoms with van der Waals surface area (Å²) in [6, 6.07) is 10.4. The predicted molar refractivity (Wildman–Crippen MR) is 103 cm³/mol. The molecule has 8 nitrogen and oxygen atoms in total. The number of carbonyl (C=O) groups excluding carboxylic acids is 1. The average Bonchev–Trinajstić information content (AvgIpc) is 2.62. The van der Waals surface area contributed by atoms with Crippen molar-refractivity contribution in [1.82, 2.24) is 0 Å². The first kappa shape index (κ1) is 18.8. The van der Waals surface area contributed by atoms with Crippen LogP contribution in [0.5, 0.6) is 0 Å². The molecule has 0 aliphatic carbocycles. The Balaban J connectivity index is 1.78. The molecule has 1 aliphatic heterocycles. The molecular weight excluding hydrogens is 370 g/mol. The predicted octanol–water partition coefficient (Wildman–Crippen LogP) is 3.09. The topological polar surface area (TPSA) is 110 Å². The molecule has 1 aliphatic rings. The Bertz CT molecular complexity index is 987. The van der Waals surface area contributed by atoms with E-state index in [1.807, 2.05) is 0 Å². The van der Waals surface area contributed by atoms with E-state index in [1.165, 1.54) is 28.6 Å². The van der Waals surface area contributed by atoms with Gasteiger partial charge in [0.25, 0.3) is 11.6 Å². The van der Waals surface area contributed by atoms with E-state index in [0.717, 1.165) is 6.42 Å². The molecule has 9 heteroatoms. The Kier molecular flexibility index (Phi) is 5.13. The normalized spacial score (nSPS) is 16.0. The molecule has 2 aromatic carbocycles. The van der Waals surface area contributed by atoms with Gasteiger partial charge in [-0.25, -0.2) is 8.42 Å². The van der Waals surface area contributed by atoms with Crippen molar-refractivity contribution in [2.75, 3.05) is 21.9 Å². The molecule has 1 amide bonds. The van der Waals surface area contributed by atoms with Gasteiger partial charge in [-0.2, -0.15) is 0 Å². The number of amides is 1. The zero-order valence-corrected chi connectivity index (χ0v) is 15.5. The second-order valence-electron chi connectivity index (χ2n) is 6.35. The zero-order chi connectivity index (χ0) is 19.6. The number of nitrogens with zero attached hydrogens (tertiary/aromatic N) is 2. The molecule has 0 atom stereocenters. The number of anilines is 2. The molecule has 0 radical (unpaired) electrons. The molecule has 0 aromatic heterocycles. The number of nitro benzene ring substituents is 1. The highest BCUT2D eigenvalue weighted by Gasteiger charge is 2.27. The maximum Gasteiger partial charge on any atom is 0.269 e. The highest BCUT2D eigenvalue weighted by atomic mass is 32.2. The fourth-order valence-electron chi connectivity index (χ4n) is 3.01. The van der Waals surface area contributed by atoms with Crippen LogP contribution in [0.2, 0.25) is 0 Å². The van der Waals surface area contributed by atoms with Gasteiger partial charge in [-0.1, -0.05) is 0 Å². The molecule has 3 rings (SSSR count). The molecule has 0 unspecified atom stereocenters. The lowest BCUT2D eigenvalue weighted by Gasteiger charge is -2.29. The van der Waals surface area contributed by atoms with Crippen molar-refractivity contribution in [3.8, 4) is 0 Å². The fraction of sp³-hybridized carbons (Fsp3) is 0.278. The van der Waals surface area contributed by atoms with Crippen LogP contribution in [0.15, 0.2) is 42.5 Å². The maximum absolute atomic E-state index is 12.4. The van der Waals surface area contributed by atoms with Gasteiger partial charge in [0, 0.05) is 29.9 Å². The van der Waals surface area contributed by atoms with Crippen molar-refractivity contribution in [3.05, 3.63) is 63.7 Å². The average molecular weight is 389 g/mol. The molecule has 0 bridgehead atoms. The van der Waals surface area contributed by atoms with Crippen LogP contribution >= 0.6 is 0 Å². The monoisotopic (exact) mass is 389 g/mol. The Hall–Kier alpha value is -2.94. The quantitative estimate of drug-likeness (QED) is 0.638. The summed E-state index contributed by atoms with van der Waals surface area (Å²) in [4.78, 5) is 22.6. The molecule has 0 saturated carbocycles. The number of rotatable bonds is 4. The van der Waals surface area contributed by atoms with E-state index in [1.54, 1.807) is 25.1 Å². The van der Waals surface area contributed by atoms with Gasteiger partial charge >= 0.3 is 0 Å². The zero-order valence-electron chi connectivity index (χ0n) is 14.7. The largest absolute Gasteiger partial charge is 0.322 e. The summed E-state index contributed by atoms with van der Waals surface area (Å²) in [5, 5.41) is 13.3. The fourth-order valence-corrected chi connectivity index (χ4v) is 4.71. The minimum absolute atomic E-state index is 0.0593. The number of nitrogens with one attached hydrogen (secondary N) is 1. The third-order valence-electron chi connectivity index (χ3n) is 4.41. The van der Waals surface area contributed by atoms with Crippen molar-refractivity contribution in [2.24, 2.45) is 0 Å². The molecule has 1 N–H and O–H groups in total. The Morgan fingerprint density at radius 1 is 1.15 bits per heavy atom. The summed E-state index contributed by atoms with van der Waals surface area (Å²) in [6.07, 6.45) is 1.47. The summed E-state index contributed by atoms with van der Waals surface area (Å²) < 4.78 is 25.9. The van der Waals surface area contributed by atoms with E-state index in [4.69, 9.17) is 0 Å². The third-order valence-corrected chi connectivity index (χ3v) is 6.27. The van der Waals surface area contributed by atoms with E-state index >= 15 is 0 Å². The summed E-state index contributed by atoms with van der Waals surface area (Å²) in [7, 11) is -3.31. The molecule has 2 aromatic rings. The van der Waals surface area contributed by atoms with Gasteiger partial charge in [0.05, 0.1) is 16.4 Å². The molecule has 1 heterocycles. The molecular formula is C18H19N3O5S. The van der Waals surface area contributed by atoms with E-state index in [2.05, 4.69) is 5.32 Å². The molecule has 1 saturated heterocycles. The molecule has 1 fully saturated rings. The highest BCUT2D eigenvalue weighted by molar-refractivity contribution is 7.92. The summed E-state index contributed by atoms with van der Waals surface area (Å²) in [5.41, 5.74) is 2.03. The summed E-state index contributed by atoms with van der Waals surface area (Å²) in [5.74, 6) is -0.241. The molecule has 0 spiro atoms. The molecule has 142 valence electrons. The number of nitro groups is 1. The van der Waals surface area contributed by atoms with Crippen LogP contribution in [-0.2, 0) is 10.0 Å². The molecule has 27 heavy (non-hydrogen) atoms. The van der Waals surface area contributed by atoms with E-state index in [0.29, 0.717) is 35.5 Å². The van der Waals surface area contributed by atoms with E-state index < -0.39 is 14.9 Å². The van der Waals surface area contributed by atoms with Crippen molar-refractivity contribution < 1.29 is 18.1 Å². The van der Waals surface area contributed by atoms with Crippen LogP contribution in [-0.4, -0.2) is 31.5 Å². The lowest BCUT2D eigenvalue weighted by Crippen LogP contribution is -2.38. The number of carbonyl (C=O) groups is 1. The first-order chi connectivity index (χ1) is 12.8. The highest BCUT2D eigenvalue weighted by Crippen LogP contribution is 2.28. The SMILES string of the molecule is Cc1cc(C(=O)Nc2ccc([N+](=O)[O-])cc2)ccc1N1CCCCS1(=O)=O. The minimum atomic E-state index is -3.31. The standard InChI is InChI=1S/C18H19N3O5S/c1-13-12-14(4-9-17(13)20-10-2-3-11-27(20,25)26)18(22)19-15-5-7-16(8-6-15)21(23)24/h4-9,12H,2-3,10-11H2,1H3,(H,19,22). The third kappa shape index (κ3) is 4.08. The Morgan fingerprint density at radius 2 is 1.85 bits per heavy atom. The van der Waals surface area contributed by atoms with Crippen molar-refractivity contribution in [1.29, 1.82) is 0 Å². The number of non-ortho nitro benzene ring substituents is 1. The van der Waals surface area contributed by atoms with Crippen molar-refractivity contribution >= 4 is 33.0 Å². The van der Waals surface area contributed by atoms with Crippen LogP contribution in [0.1, 0.15) is 28.8 Å². The summed E-state index contributed by atoms with van der Waals surface area (Å²) in [6.45, 7) is 2.21. The van der Waals surface area contributed by atoms with Crippen LogP contribution < -0.4 is 9.62 Å². The van der Waals surface area contributed by atoms with Crippen LogP contribution in [0.4, 0.5) is 17.1 Å². The van der Waals surface area contributed by atoms with Crippen LogP contribution in [0.3, 0.4) is 0 Å². The number of aryl methyl sites for hydroxylation is 1. The van der Waals surface area contributed by atoms with Gasteiger partial charge in [-0.05, 0) is 55.7 Å². The van der Waals surface area contributed by atoms with Crippen LogP contribution in [0.25, 0.3) is 0 Å². The van der Waals surface area contributed by atoms with Gasteiger partial charge in [-0.3, -0.25) is 19.2 Å². The minimum Gasteiger partial charge on any atom is -0.322 e. The maximum atomic E-state index is 12.4. The van der Waals surface area contributed by atoms with Crippen molar-refractivity contribution in [3.63, 3.8) is 0 Å². The summed E-state index contributed by atoms with van der Waals surface area (Å²) >= 11 is 0. The second-order valence-corrected chi connectivity index (χ2v) is 8.37. The van der Waals surface area contributed by atoms with Crippen LogP contribution in [0, 0.1) is 17.0 Å². The van der Waals surface area contributed by atoms with Gasteiger partial charge in [0.15, 0.2) is 0 Å². The number of hydrogen-bond donors (Lipinski definition) is 1. The smallest absolute Gasteiger partial charge is 0.269 e. The Morgan fingerprint density at radius 3 is 2.44 bits per heavy atom. The number of benzene rings is 2. The van der Waals surface area contributed by atoms with Gasteiger partial charge in [-0.15, -0.1) is 0 Å². The number of hydrogen-bond acceptors (Lipinski definition) is 5. The second kappa shape index (κ2) is 7.36.